The van der Waals surface area contributed by atoms with E-state index in [0.29, 0.717) is 12.8 Å². The van der Waals surface area contributed by atoms with Crippen molar-refractivity contribution >= 4 is 15.9 Å². The number of hydrogen-bond acceptors (Lipinski definition) is 2. The molecule has 1 heterocycles. The zero-order valence-electron chi connectivity index (χ0n) is 8.01. The monoisotopic (exact) mass is 301 g/mol. The first-order valence-corrected chi connectivity index (χ1v) is 5.76. The Balaban J connectivity index is 2.44. The van der Waals surface area contributed by atoms with Crippen molar-refractivity contribution in [1.29, 1.82) is 0 Å². The van der Waals surface area contributed by atoms with Crippen molar-refractivity contribution in [2.24, 2.45) is 0 Å². The molecule has 1 aliphatic carbocycles. The molecule has 0 amide bonds. The molecule has 1 aromatic heterocycles. The van der Waals surface area contributed by atoms with E-state index in [4.69, 9.17) is 0 Å². The number of halogens is 5. The molecule has 0 saturated heterocycles. The van der Waals surface area contributed by atoms with Gasteiger partial charge in [0.25, 0.3) is 0 Å². The van der Waals surface area contributed by atoms with Crippen LogP contribution in [0.5, 0.6) is 0 Å². The van der Waals surface area contributed by atoms with Crippen molar-refractivity contribution in [2.75, 3.05) is 0 Å². The molecule has 90 valence electrons. The fourth-order valence-corrected chi connectivity index (χ4v) is 1.84. The Kier molecular flexibility index (Phi) is 2.93. The van der Waals surface area contributed by atoms with E-state index in [9.17, 15) is 17.6 Å². The zero-order valence-corrected chi connectivity index (χ0v) is 9.59. The van der Waals surface area contributed by atoms with Crippen LogP contribution < -0.4 is 0 Å². The zero-order chi connectivity index (χ0) is 11.9. The van der Waals surface area contributed by atoms with Gasteiger partial charge in [-0.25, -0.2) is 8.78 Å². The van der Waals surface area contributed by atoms with Crippen molar-refractivity contribution in [3.8, 4) is 0 Å². The van der Waals surface area contributed by atoms with Gasteiger partial charge in [-0.15, -0.1) is 10.2 Å². The van der Waals surface area contributed by atoms with Crippen LogP contribution in [0.25, 0.3) is 0 Å². The second kappa shape index (κ2) is 3.97. The highest BCUT2D eigenvalue weighted by molar-refractivity contribution is 9.08. The fraction of sp³-hybridized carbons (Fsp3) is 0.750. The first kappa shape index (κ1) is 11.8. The van der Waals surface area contributed by atoms with Crippen molar-refractivity contribution in [1.82, 2.24) is 14.8 Å². The van der Waals surface area contributed by atoms with E-state index in [-0.39, 0.29) is 17.2 Å². The molecule has 0 bridgehead atoms. The number of aromatic nitrogens is 3. The van der Waals surface area contributed by atoms with Crippen LogP contribution in [0.4, 0.5) is 17.6 Å². The van der Waals surface area contributed by atoms with Gasteiger partial charge in [-0.2, -0.15) is 8.78 Å². The predicted octanol–water partition coefficient (Wildman–Crippen LogP) is 2.86. The Morgan fingerprint density at radius 3 is 2.44 bits per heavy atom. The van der Waals surface area contributed by atoms with Crippen LogP contribution in [0.2, 0.25) is 0 Å². The van der Waals surface area contributed by atoms with Crippen molar-refractivity contribution in [3.63, 3.8) is 0 Å². The van der Waals surface area contributed by atoms with Crippen LogP contribution in [0.15, 0.2) is 0 Å². The van der Waals surface area contributed by atoms with Crippen LogP contribution in [0, 0.1) is 0 Å². The van der Waals surface area contributed by atoms with Crippen molar-refractivity contribution < 1.29 is 17.6 Å². The summed E-state index contributed by atoms with van der Waals surface area (Å²) >= 11 is 3.07. The minimum absolute atomic E-state index is 0.165. The molecule has 0 N–H and O–H groups in total. The first-order valence-electron chi connectivity index (χ1n) is 4.64. The lowest BCUT2D eigenvalue weighted by Crippen LogP contribution is -2.28. The molecule has 0 aliphatic heterocycles. The summed E-state index contributed by atoms with van der Waals surface area (Å²) in [6.07, 6.45) is -2.37. The normalized spacial score (nSPS) is 17.1. The summed E-state index contributed by atoms with van der Waals surface area (Å²) in [6, 6.07) is -0.165. The third kappa shape index (κ3) is 1.83. The second-order valence-corrected chi connectivity index (χ2v) is 4.16. The maximum atomic E-state index is 13.2. The summed E-state index contributed by atoms with van der Waals surface area (Å²) in [7, 11) is 0. The predicted molar refractivity (Wildman–Crippen MR) is 50.8 cm³/mol. The van der Waals surface area contributed by atoms with Crippen LogP contribution in [0.3, 0.4) is 0 Å². The lowest BCUT2D eigenvalue weighted by molar-refractivity contribution is -0.143. The topological polar surface area (TPSA) is 30.7 Å². The second-order valence-electron chi connectivity index (χ2n) is 3.60. The Morgan fingerprint density at radius 2 is 2.00 bits per heavy atom. The van der Waals surface area contributed by atoms with Gasteiger partial charge >= 0.3 is 12.3 Å². The van der Waals surface area contributed by atoms with Gasteiger partial charge < -0.3 is 4.57 Å². The summed E-state index contributed by atoms with van der Waals surface area (Å²) in [5.41, 5.74) is 0. The molecule has 1 aliphatic rings. The maximum absolute atomic E-state index is 13.2. The number of rotatable bonds is 4. The van der Waals surface area contributed by atoms with Gasteiger partial charge in [0.1, 0.15) is 5.82 Å². The number of alkyl halides is 5. The molecular weight excluding hydrogens is 294 g/mol. The van der Waals surface area contributed by atoms with Gasteiger partial charge in [-0.1, -0.05) is 15.9 Å². The Hall–Kier alpha value is -0.660. The summed E-state index contributed by atoms with van der Waals surface area (Å²) in [6.45, 7) is 0. The molecule has 2 rings (SSSR count). The first-order chi connectivity index (χ1) is 7.48. The average Bonchev–Trinajstić information content (AvgIpc) is 2.96. The van der Waals surface area contributed by atoms with Gasteiger partial charge in [0.2, 0.25) is 5.82 Å². The van der Waals surface area contributed by atoms with E-state index >= 15 is 0 Å². The van der Waals surface area contributed by atoms with E-state index in [2.05, 4.69) is 26.1 Å². The van der Waals surface area contributed by atoms with Crippen molar-refractivity contribution in [3.05, 3.63) is 11.6 Å². The van der Waals surface area contributed by atoms with E-state index < -0.39 is 18.2 Å². The van der Waals surface area contributed by atoms with Crippen LogP contribution >= 0.6 is 15.9 Å². The van der Waals surface area contributed by atoms with E-state index in [1.165, 1.54) is 0 Å². The van der Waals surface area contributed by atoms with Crippen molar-refractivity contribution in [2.45, 2.75) is 36.6 Å². The van der Waals surface area contributed by atoms with Gasteiger partial charge in [0.15, 0.2) is 0 Å². The molecule has 1 saturated carbocycles. The van der Waals surface area contributed by atoms with Gasteiger partial charge in [0.05, 0.1) is 5.33 Å². The molecule has 0 atom stereocenters. The fourth-order valence-electron chi connectivity index (χ4n) is 1.46. The molecule has 1 fully saturated rings. The standard InChI is InChI=1S/C8H8BrF4N3/c9-3-5-14-15-7(8(12,13)6(10)11)16(5)4-1-2-4/h4,6H,1-3H2. The third-order valence-corrected chi connectivity index (χ3v) is 2.87. The Morgan fingerprint density at radius 1 is 1.38 bits per heavy atom. The Labute approximate surface area is 97.0 Å². The molecule has 16 heavy (non-hydrogen) atoms. The molecule has 0 spiro atoms. The molecule has 0 radical (unpaired) electrons. The number of hydrogen-bond donors (Lipinski definition) is 0. The van der Waals surface area contributed by atoms with Crippen LogP contribution in [-0.2, 0) is 11.3 Å². The minimum Gasteiger partial charge on any atom is -0.306 e. The molecule has 1 aromatic rings. The van der Waals surface area contributed by atoms with E-state index in [0.717, 1.165) is 4.57 Å². The largest absolute Gasteiger partial charge is 0.365 e. The summed E-state index contributed by atoms with van der Waals surface area (Å²) in [4.78, 5) is 0. The highest BCUT2D eigenvalue weighted by atomic mass is 79.9. The van der Waals surface area contributed by atoms with Gasteiger partial charge in [0, 0.05) is 6.04 Å². The molecule has 8 heteroatoms. The quantitative estimate of drug-likeness (QED) is 0.632. The van der Waals surface area contributed by atoms with Crippen LogP contribution in [-0.4, -0.2) is 21.2 Å². The lowest BCUT2D eigenvalue weighted by Gasteiger charge is -2.16. The van der Waals surface area contributed by atoms with Crippen LogP contribution in [0.1, 0.15) is 30.5 Å². The summed E-state index contributed by atoms with van der Waals surface area (Å²) in [5.74, 6) is -4.91. The molecule has 0 unspecified atom stereocenters. The molecular formula is C8H8BrF4N3. The van der Waals surface area contributed by atoms with E-state index in [1.807, 2.05) is 0 Å². The lowest BCUT2D eigenvalue weighted by atomic mass is 10.3. The third-order valence-electron chi connectivity index (χ3n) is 2.37. The molecule has 0 aromatic carbocycles. The van der Waals surface area contributed by atoms with E-state index in [1.54, 1.807) is 0 Å². The van der Waals surface area contributed by atoms with Gasteiger partial charge in [-0.05, 0) is 12.8 Å². The maximum Gasteiger partial charge on any atom is 0.365 e. The minimum atomic E-state index is -4.24. The summed E-state index contributed by atoms with van der Waals surface area (Å²) in [5, 5.41) is 6.91. The average molecular weight is 302 g/mol. The summed E-state index contributed by atoms with van der Waals surface area (Å²) < 4.78 is 52.0. The molecule has 3 nitrogen and oxygen atoms in total. The number of nitrogens with zero attached hydrogens (tertiary/aromatic N) is 3. The van der Waals surface area contributed by atoms with Gasteiger partial charge in [-0.3, -0.25) is 0 Å². The Bertz CT molecular complexity index is 389. The highest BCUT2D eigenvalue weighted by Gasteiger charge is 2.49. The highest BCUT2D eigenvalue weighted by Crippen LogP contribution is 2.42. The smallest absolute Gasteiger partial charge is 0.306 e. The SMILES string of the molecule is FC(F)C(F)(F)c1nnc(CBr)n1C1CC1.